The number of ether oxygens (including phenoxy) is 2. The highest BCUT2D eigenvalue weighted by Crippen LogP contribution is 2.29. The van der Waals surface area contributed by atoms with Gasteiger partial charge in [-0.05, 0) is 6.92 Å². The topological polar surface area (TPSA) is 80.3 Å². The van der Waals surface area contributed by atoms with E-state index in [-0.39, 0.29) is 5.97 Å². The minimum Gasteiger partial charge on any atom is -0.462 e. The summed E-state index contributed by atoms with van der Waals surface area (Å²) in [5.74, 6) is -0.357. The third-order valence-corrected chi connectivity index (χ3v) is 3.27. The number of carbonyl (C=O) groups is 1. The highest BCUT2D eigenvalue weighted by atomic mass is 16.5. The Hall–Kier alpha value is -2.15. The first-order valence-corrected chi connectivity index (χ1v) is 6.63. The largest absolute Gasteiger partial charge is 0.462 e. The molecule has 0 saturated carbocycles. The van der Waals surface area contributed by atoms with Crippen molar-refractivity contribution in [2.75, 3.05) is 37.8 Å². The van der Waals surface area contributed by atoms with Crippen molar-refractivity contribution in [3.63, 3.8) is 0 Å². The maximum atomic E-state index is 12.1. The molecule has 106 valence electrons. The third kappa shape index (κ3) is 2.20. The van der Waals surface area contributed by atoms with E-state index in [4.69, 9.17) is 9.47 Å². The molecule has 0 aliphatic carbocycles. The van der Waals surface area contributed by atoms with Gasteiger partial charge in [0.2, 0.25) is 0 Å². The predicted molar refractivity (Wildman–Crippen MR) is 72.9 cm³/mol. The van der Waals surface area contributed by atoms with Crippen LogP contribution in [0.1, 0.15) is 17.3 Å². The molecule has 20 heavy (non-hydrogen) atoms. The van der Waals surface area contributed by atoms with Gasteiger partial charge in [-0.15, -0.1) is 0 Å². The van der Waals surface area contributed by atoms with Gasteiger partial charge in [0.25, 0.3) is 0 Å². The fourth-order valence-electron chi connectivity index (χ4n) is 2.37. The summed E-state index contributed by atoms with van der Waals surface area (Å²) in [6.45, 7) is 4.88. The second-order valence-electron chi connectivity index (χ2n) is 4.47. The van der Waals surface area contributed by atoms with Crippen LogP contribution in [0.15, 0.2) is 12.4 Å². The molecule has 0 spiro atoms. The van der Waals surface area contributed by atoms with Crippen LogP contribution in [0, 0.1) is 0 Å². The lowest BCUT2D eigenvalue weighted by Gasteiger charge is -2.30. The summed E-state index contributed by atoms with van der Waals surface area (Å²) in [6, 6.07) is 0. The van der Waals surface area contributed by atoms with Crippen LogP contribution in [-0.2, 0) is 9.47 Å². The van der Waals surface area contributed by atoms with Crippen LogP contribution in [-0.4, -0.2) is 54.1 Å². The van der Waals surface area contributed by atoms with E-state index in [0.717, 1.165) is 24.2 Å². The molecule has 1 saturated heterocycles. The Bertz CT molecular complexity index is 619. The predicted octanol–water partition coefficient (Wildman–Crippen LogP) is 0.971. The zero-order chi connectivity index (χ0) is 13.9. The summed E-state index contributed by atoms with van der Waals surface area (Å²) < 4.78 is 10.5. The second kappa shape index (κ2) is 5.46. The summed E-state index contributed by atoms with van der Waals surface area (Å²) in [6.07, 6.45) is 3.24. The molecule has 1 N–H and O–H groups in total. The molecular weight excluding hydrogens is 260 g/mol. The summed E-state index contributed by atoms with van der Waals surface area (Å²) in [5.41, 5.74) is 1.97. The van der Waals surface area contributed by atoms with Crippen LogP contribution in [0.3, 0.4) is 0 Å². The van der Waals surface area contributed by atoms with Gasteiger partial charge in [-0.2, -0.15) is 5.10 Å². The fourth-order valence-corrected chi connectivity index (χ4v) is 2.37. The summed E-state index contributed by atoms with van der Waals surface area (Å²) in [5, 5.41) is 7.66. The van der Waals surface area contributed by atoms with Gasteiger partial charge in [-0.3, -0.25) is 5.10 Å². The monoisotopic (exact) mass is 276 g/mol. The lowest BCUT2D eigenvalue weighted by Crippen LogP contribution is -2.37. The standard InChI is InChI=1S/C13H16N4O3/c1-2-20-13(18)10-7-14-12-9(8-15-16-12)11(10)17-3-5-19-6-4-17/h7-8H,2-6H2,1H3,(H,14,15,16). The molecule has 0 unspecified atom stereocenters. The van der Waals surface area contributed by atoms with Crippen molar-refractivity contribution < 1.29 is 14.3 Å². The zero-order valence-corrected chi connectivity index (χ0v) is 11.3. The van der Waals surface area contributed by atoms with Crippen molar-refractivity contribution >= 4 is 22.7 Å². The third-order valence-electron chi connectivity index (χ3n) is 3.27. The molecule has 1 fully saturated rings. The number of morpholine rings is 1. The van der Waals surface area contributed by atoms with E-state index in [1.165, 1.54) is 0 Å². The molecule has 7 nitrogen and oxygen atoms in total. The van der Waals surface area contributed by atoms with Gasteiger partial charge in [0.1, 0.15) is 5.56 Å². The number of anilines is 1. The number of hydrogen-bond acceptors (Lipinski definition) is 6. The molecule has 0 bridgehead atoms. The average Bonchev–Trinajstić information content (AvgIpc) is 2.95. The van der Waals surface area contributed by atoms with Crippen molar-refractivity contribution in [1.82, 2.24) is 15.2 Å². The molecular formula is C13H16N4O3. The first-order valence-electron chi connectivity index (χ1n) is 6.63. The van der Waals surface area contributed by atoms with E-state index in [2.05, 4.69) is 20.1 Å². The van der Waals surface area contributed by atoms with Crippen molar-refractivity contribution in [1.29, 1.82) is 0 Å². The number of rotatable bonds is 3. The smallest absolute Gasteiger partial charge is 0.341 e. The molecule has 2 aromatic heterocycles. The number of aromatic amines is 1. The van der Waals surface area contributed by atoms with Crippen molar-refractivity contribution in [3.8, 4) is 0 Å². The molecule has 2 aromatic rings. The van der Waals surface area contributed by atoms with Crippen molar-refractivity contribution in [3.05, 3.63) is 18.0 Å². The average molecular weight is 276 g/mol. The molecule has 1 aliphatic heterocycles. The number of carbonyl (C=O) groups excluding carboxylic acids is 1. The van der Waals surface area contributed by atoms with Gasteiger partial charge in [0.15, 0.2) is 5.65 Å². The highest BCUT2D eigenvalue weighted by Gasteiger charge is 2.23. The normalized spacial score (nSPS) is 15.6. The maximum Gasteiger partial charge on any atom is 0.341 e. The Morgan fingerprint density at radius 2 is 2.25 bits per heavy atom. The van der Waals surface area contributed by atoms with E-state index in [1.54, 1.807) is 19.3 Å². The number of H-pyrrole nitrogens is 1. The van der Waals surface area contributed by atoms with E-state index in [1.807, 2.05) is 0 Å². The van der Waals surface area contributed by atoms with Crippen LogP contribution in [0.4, 0.5) is 5.69 Å². The van der Waals surface area contributed by atoms with Crippen LogP contribution in [0.5, 0.6) is 0 Å². The van der Waals surface area contributed by atoms with Crippen LogP contribution in [0.25, 0.3) is 11.0 Å². The molecule has 0 aromatic carbocycles. The number of nitrogens with one attached hydrogen (secondary N) is 1. The van der Waals surface area contributed by atoms with Crippen molar-refractivity contribution in [2.45, 2.75) is 6.92 Å². The maximum absolute atomic E-state index is 12.1. The summed E-state index contributed by atoms with van der Waals surface area (Å²) in [7, 11) is 0. The van der Waals surface area contributed by atoms with Crippen LogP contribution < -0.4 is 4.90 Å². The van der Waals surface area contributed by atoms with E-state index in [0.29, 0.717) is 31.0 Å². The molecule has 7 heteroatoms. The Morgan fingerprint density at radius 1 is 1.45 bits per heavy atom. The molecule has 0 radical (unpaired) electrons. The molecule has 1 aliphatic rings. The summed E-state index contributed by atoms with van der Waals surface area (Å²) >= 11 is 0. The Labute approximate surface area is 115 Å². The van der Waals surface area contributed by atoms with Gasteiger partial charge in [0.05, 0.1) is 37.1 Å². The second-order valence-corrected chi connectivity index (χ2v) is 4.47. The van der Waals surface area contributed by atoms with Crippen LogP contribution >= 0.6 is 0 Å². The Kier molecular flexibility index (Phi) is 3.51. The van der Waals surface area contributed by atoms with Gasteiger partial charge in [-0.1, -0.05) is 0 Å². The quantitative estimate of drug-likeness (QED) is 0.841. The van der Waals surface area contributed by atoms with E-state index in [9.17, 15) is 4.79 Å². The van der Waals surface area contributed by atoms with E-state index >= 15 is 0 Å². The number of nitrogens with zero attached hydrogens (tertiary/aromatic N) is 3. The summed E-state index contributed by atoms with van der Waals surface area (Å²) in [4.78, 5) is 18.5. The van der Waals surface area contributed by atoms with Gasteiger partial charge in [-0.25, -0.2) is 9.78 Å². The molecule has 3 rings (SSSR count). The van der Waals surface area contributed by atoms with E-state index < -0.39 is 0 Å². The number of esters is 1. The number of fused-ring (bicyclic) bond motifs is 1. The minimum absolute atomic E-state index is 0.338. The first-order chi connectivity index (χ1) is 9.81. The molecule has 0 amide bonds. The highest BCUT2D eigenvalue weighted by molar-refractivity contribution is 6.04. The Morgan fingerprint density at radius 3 is 3.00 bits per heavy atom. The zero-order valence-electron chi connectivity index (χ0n) is 11.3. The van der Waals surface area contributed by atoms with Gasteiger partial charge in [0, 0.05) is 19.3 Å². The van der Waals surface area contributed by atoms with Gasteiger partial charge < -0.3 is 14.4 Å². The SMILES string of the molecule is CCOC(=O)c1cnc2[nH]ncc2c1N1CCOCC1. The van der Waals surface area contributed by atoms with Crippen molar-refractivity contribution in [2.24, 2.45) is 0 Å². The molecule has 3 heterocycles. The van der Waals surface area contributed by atoms with Gasteiger partial charge >= 0.3 is 5.97 Å². The minimum atomic E-state index is -0.357. The lowest BCUT2D eigenvalue weighted by molar-refractivity contribution is 0.0526. The molecule has 0 atom stereocenters. The number of hydrogen-bond donors (Lipinski definition) is 1. The Balaban J connectivity index is 2.10. The lowest BCUT2D eigenvalue weighted by atomic mass is 10.1. The number of pyridine rings is 1. The first kappa shape index (κ1) is 12.9. The van der Waals surface area contributed by atoms with Crippen LogP contribution in [0.2, 0.25) is 0 Å². The number of aromatic nitrogens is 3. The fraction of sp³-hybridized carbons (Fsp3) is 0.462.